The molecule has 0 saturated carbocycles. The van der Waals surface area contributed by atoms with Crippen LogP contribution >= 0.6 is 0 Å². The second-order valence-electron chi connectivity index (χ2n) is 5.96. The lowest BCUT2D eigenvalue weighted by atomic mass is 10.3. The van der Waals surface area contributed by atoms with E-state index in [1.807, 2.05) is 0 Å². The number of anilines is 2. The Balaban J connectivity index is 2.17. The number of nitro groups is 3. The predicted molar refractivity (Wildman–Crippen MR) is 87.0 cm³/mol. The molecule has 0 bridgehead atoms. The Morgan fingerprint density at radius 3 is 1.67 bits per heavy atom. The first-order chi connectivity index (χ1) is 12.9. The van der Waals surface area contributed by atoms with Crippen LogP contribution in [0.3, 0.4) is 0 Å². The zero-order chi connectivity index (χ0) is 19.6. The molecular weight excluding hydrogens is 368 g/mol. The van der Waals surface area contributed by atoms with Crippen LogP contribution in [0.1, 0.15) is 18.7 Å². The Hall–Kier alpha value is -3.23. The number of nitrogens with zero attached hydrogens (tertiary/aromatic N) is 8. The molecule has 27 heavy (non-hydrogen) atoms. The molecule has 2 aliphatic rings. The van der Waals surface area contributed by atoms with Gasteiger partial charge < -0.3 is 14.5 Å². The molecule has 0 N–H and O–H groups in total. The molecule has 0 radical (unpaired) electrons. The standard InChI is InChI=1S/C12H16N8O7/c21-18(22)12(19(23)24,20(25)26)9-13-10(16-3-1-2-4-16)15-11(14-9)17-5-7-27-8-6-17/h1-8H2. The van der Waals surface area contributed by atoms with Crippen molar-refractivity contribution in [2.75, 3.05) is 49.2 Å². The van der Waals surface area contributed by atoms with Crippen LogP contribution in [-0.2, 0) is 10.5 Å². The van der Waals surface area contributed by atoms with Crippen LogP contribution in [0.2, 0.25) is 0 Å². The molecule has 0 aromatic carbocycles. The number of hydrogen-bond donors (Lipinski definition) is 0. The SMILES string of the molecule is O=[N+]([O-])C(c1nc(N2CCCC2)nc(N2CCOCC2)n1)([N+](=O)[O-])[N+](=O)[O-]. The first-order valence-corrected chi connectivity index (χ1v) is 8.15. The highest BCUT2D eigenvalue weighted by Crippen LogP contribution is 2.28. The maximum Gasteiger partial charge on any atom is 0.763 e. The van der Waals surface area contributed by atoms with Crippen LogP contribution in [0.4, 0.5) is 11.9 Å². The van der Waals surface area contributed by atoms with Gasteiger partial charge in [0.05, 0.1) is 13.2 Å². The highest BCUT2D eigenvalue weighted by Gasteiger charge is 2.76. The third-order valence-corrected chi connectivity index (χ3v) is 4.36. The smallest absolute Gasteiger partial charge is 0.378 e. The molecule has 146 valence electrons. The Morgan fingerprint density at radius 1 is 0.778 bits per heavy atom. The summed E-state index contributed by atoms with van der Waals surface area (Å²) < 4.78 is 5.22. The molecule has 0 spiro atoms. The molecule has 0 aliphatic carbocycles. The first kappa shape index (κ1) is 18.6. The van der Waals surface area contributed by atoms with E-state index < -0.39 is 26.4 Å². The fraction of sp³-hybridized carbons (Fsp3) is 0.750. The molecule has 3 rings (SSSR count). The Kier molecular flexibility index (Phi) is 4.93. The van der Waals surface area contributed by atoms with Gasteiger partial charge in [-0.05, 0) is 12.8 Å². The van der Waals surface area contributed by atoms with E-state index >= 15 is 0 Å². The van der Waals surface area contributed by atoms with Gasteiger partial charge >= 0.3 is 11.6 Å². The van der Waals surface area contributed by atoms with Crippen molar-refractivity contribution in [1.29, 1.82) is 0 Å². The molecule has 0 atom stereocenters. The van der Waals surface area contributed by atoms with Gasteiger partial charge in [-0.3, -0.25) is 30.3 Å². The normalized spacial score (nSPS) is 17.8. The quantitative estimate of drug-likeness (QED) is 0.340. The lowest BCUT2D eigenvalue weighted by Gasteiger charge is -2.27. The summed E-state index contributed by atoms with van der Waals surface area (Å²) in [7, 11) is 0. The third kappa shape index (κ3) is 3.16. The van der Waals surface area contributed by atoms with E-state index in [9.17, 15) is 30.3 Å². The van der Waals surface area contributed by atoms with Crippen molar-refractivity contribution < 1.29 is 19.5 Å². The summed E-state index contributed by atoms with van der Waals surface area (Å²) in [4.78, 5) is 44.4. The molecule has 1 aromatic rings. The number of rotatable bonds is 6. The van der Waals surface area contributed by atoms with Crippen molar-refractivity contribution in [3.05, 3.63) is 36.2 Å². The van der Waals surface area contributed by atoms with E-state index in [0.717, 1.165) is 12.8 Å². The van der Waals surface area contributed by atoms with E-state index in [-0.39, 0.29) is 11.9 Å². The molecule has 15 nitrogen and oxygen atoms in total. The topological polar surface area (TPSA) is 184 Å². The van der Waals surface area contributed by atoms with E-state index in [0.29, 0.717) is 39.4 Å². The van der Waals surface area contributed by atoms with Gasteiger partial charge in [0, 0.05) is 26.2 Å². The number of ether oxygens (including phenoxy) is 1. The Morgan fingerprint density at radius 2 is 1.22 bits per heavy atom. The van der Waals surface area contributed by atoms with E-state index in [1.54, 1.807) is 9.80 Å². The summed E-state index contributed by atoms with van der Waals surface area (Å²) in [6.45, 7) is 2.43. The summed E-state index contributed by atoms with van der Waals surface area (Å²) in [5, 5.41) is 34.2. The van der Waals surface area contributed by atoms with E-state index in [4.69, 9.17) is 4.74 Å². The van der Waals surface area contributed by atoms with Crippen LogP contribution in [0.5, 0.6) is 0 Å². The second-order valence-corrected chi connectivity index (χ2v) is 5.96. The molecule has 3 heterocycles. The molecular formula is C12H16N8O7. The minimum atomic E-state index is -3.90. The van der Waals surface area contributed by atoms with Gasteiger partial charge in [-0.2, -0.15) is 15.0 Å². The fourth-order valence-corrected chi connectivity index (χ4v) is 2.91. The molecule has 0 amide bonds. The minimum absolute atomic E-state index is 0.0473. The van der Waals surface area contributed by atoms with Crippen molar-refractivity contribution in [1.82, 2.24) is 15.0 Å². The van der Waals surface area contributed by atoms with Gasteiger partial charge in [-0.1, -0.05) is 0 Å². The minimum Gasteiger partial charge on any atom is -0.378 e. The largest absolute Gasteiger partial charge is 0.763 e. The van der Waals surface area contributed by atoms with Gasteiger partial charge in [0.1, 0.15) is 0 Å². The molecule has 2 aliphatic heterocycles. The number of morpholine rings is 1. The lowest BCUT2D eigenvalue weighted by Crippen LogP contribution is -2.52. The maximum atomic E-state index is 11.4. The predicted octanol–water partition coefficient (Wildman–Crippen LogP) is -0.751. The van der Waals surface area contributed by atoms with Gasteiger partial charge in [-0.25, -0.2) is 0 Å². The zero-order valence-electron chi connectivity index (χ0n) is 14.1. The average Bonchev–Trinajstić information content (AvgIpc) is 3.16. The summed E-state index contributed by atoms with van der Waals surface area (Å²) in [6, 6.07) is 0. The number of aromatic nitrogens is 3. The average molecular weight is 384 g/mol. The highest BCUT2D eigenvalue weighted by atomic mass is 16.7. The summed E-state index contributed by atoms with van der Waals surface area (Å²) in [5.41, 5.74) is 0. The van der Waals surface area contributed by atoms with Crippen LogP contribution in [0.25, 0.3) is 0 Å². The van der Waals surface area contributed by atoms with Crippen molar-refractivity contribution >= 4 is 11.9 Å². The van der Waals surface area contributed by atoms with Crippen LogP contribution < -0.4 is 9.80 Å². The fourth-order valence-electron chi connectivity index (χ4n) is 2.91. The van der Waals surface area contributed by atoms with Gasteiger partial charge in [-0.15, -0.1) is 0 Å². The molecule has 0 unspecified atom stereocenters. The maximum absolute atomic E-state index is 11.4. The summed E-state index contributed by atoms with van der Waals surface area (Å²) in [5.74, 6) is -5.16. The monoisotopic (exact) mass is 384 g/mol. The summed E-state index contributed by atoms with van der Waals surface area (Å²) >= 11 is 0. The number of hydrogen-bond acceptors (Lipinski definition) is 12. The Bertz CT molecular complexity index is 726. The van der Waals surface area contributed by atoms with E-state index in [2.05, 4.69) is 15.0 Å². The van der Waals surface area contributed by atoms with Crippen LogP contribution in [0.15, 0.2) is 0 Å². The zero-order valence-corrected chi connectivity index (χ0v) is 14.1. The third-order valence-electron chi connectivity index (χ3n) is 4.36. The van der Waals surface area contributed by atoms with E-state index in [1.165, 1.54) is 0 Å². The van der Waals surface area contributed by atoms with Gasteiger partial charge in [0.2, 0.25) is 11.9 Å². The van der Waals surface area contributed by atoms with Gasteiger partial charge in [0.15, 0.2) is 14.8 Å². The molecule has 2 saturated heterocycles. The lowest BCUT2D eigenvalue weighted by molar-refractivity contribution is -0.987. The van der Waals surface area contributed by atoms with Crippen molar-refractivity contribution in [3.63, 3.8) is 0 Å². The van der Waals surface area contributed by atoms with Crippen molar-refractivity contribution in [3.8, 4) is 0 Å². The van der Waals surface area contributed by atoms with Crippen molar-refractivity contribution in [2.45, 2.75) is 18.6 Å². The Labute approximate surface area is 151 Å². The summed E-state index contributed by atoms with van der Waals surface area (Å²) in [6.07, 6.45) is 1.64. The van der Waals surface area contributed by atoms with Crippen LogP contribution in [0, 0.1) is 30.3 Å². The highest BCUT2D eigenvalue weighted by molar-refractivity contribution is 5.40. The first-order valence-electron chi connectivity index (χ1n) is 8.15. The molecule has 15 heteroatoms. The molecule has 1 aromatic heterocycles. The molecule has 2 fully saturated rings. The van der Waals surface area contributed by atoms with Gasteiger partial charge in [0.25, 0.3) is 0 Å². The van der Waals surface area contributed by atoms with Crippen molar-refractivity contribution in [2.24, 2.45) is 0 Å². The van der Waals surface area contributed by atoms with Crippen LogP contribution in [-0.4, -0.2) is 69.1 Å². The second kappa shape index (κ2) is 7.18.